The zero-order chi connectivity index (χ0) is 31.4. The Morgan fingerprint density at radius 2 is 1.33 bits per heavy atom. The Hall–Kier alpha value is -3.40. The summed E-state index contributed by atoms with van der Waals surface area (Å²) in [7, 11) is 0. The van der Waals surface area contributed by atoms with Crippen LogP contribution in [0.15, 0.2) is 54.6 Å². The maximum atomic E-state index is 14.8. The van der Waals surface area contributed by atoms with Gasteiger partial charge < -0.3 is 18.9 Å². The van der Waals surface area contributed by atoms with Gasteiger partial charge in [0.15, 0.2) is 0 Å². The Bertz CT molecular complexity index is 1480. The largest absolute Gasteiger partial charge is 0.527 e. The van der Waals surface area contributed by atoms with E-state index in [1.54, 1.807) is 24.3 Å². The molecule has 0 spiro atoms. The zero-order valence-corrected chi connectivity index (χ0v) is 21.8. The highest BCUT2D eigenvalue weighted by Crippen LogP contribution is 2.49. The molecule has 5 rings (SSSR count). The van der Waals surface area contributed by atoms with Crippen LogP contribution in [-0.4, -0.2) is 25.2 Å². The Balaban J connectivity index is 1.33. The van der Waals surface area contributed by atoms with Gasteiger partial charge in [0, 0.05) is 17.7 Å². The quantitative estimate of drug-likeness (QED) is 0.224. The smallest absolute Gasteiger partial charge is 0.429 e. The lowest BCUT2D eigenvalue weighted by atomic mass is 10.0. The zero-order valence-electron chi connectivity index (χ0n) is 21.8. The number of rotatable bonds is 9. The van der Waals surface area contributed by atoms with Crippen molar-refractivity contribution in [3.63, 3.8) is 0 Å². The van der Waals surface area contributed by atoms with E-state index in [1.165, 1.54) is 0 Å². The molecule has 0 atom stereocenters. The average Bonchev–Trinajstić information content (AvgIpc) is 3.44. The highest BCUT2D eigenvalue weighted by Gasteiger charge is 2.59. The van der Waals surface area contributed by atoms with Crippen molar-refractivity contribution >= 4 is 0 Å². The lowest BCUT2D eigenvalue weighted by Crippen LogP contribution is -2.35. The van der Waals surface area contributed by atoms with Crippen molar-refractivity contribution in [3.05, 3.63) is 88.7 Å². The first kappa shape index (κ1) is 31.0. The molecule has 0 radical (unpaired) electrons. The lowest BCUT2D eigenvalue weighted by molar-refractivity contribution is -0.432. The molecule has 232 valence electrons. The molecule has 0 saturated carbocycles. The predicted octanol–water partition coefficient (Wildman–Crippen LogP) is 8.21. The van der Waals surface area contributed by atoms with Gasteiger partial charge in [-0.2, -0.15) is 17.6 Å². The number of halogens is 10. The van der Waals surface area contributed by atoms with Gasteiger partial charge >= 0.3 is 24.6 Å². The molecule has 5 nitrogen and oxygen atoms in total. The normalized spacial score (nSPS) is 22.3. The number of hydrogen-bond acceptors (Lipinski definition) is 5. The Kier molecular flexibility index (Phi) is 7.68. The van der Waals surface area contributed by atoms with Crippen molar-refractivity contribution in [2.45, 2.75) is 49.9 Å². The Labute approximate surface area is 236 Å². The summed E-state index contributed by atoms with van der Waals surface area (Å²) < 4.78 is 161. The van der Waals surface area contributed by atoms with Crippen LogP contribution >= 0.6 is 0 Å². The standard InChI is InChI=1S/C28H20F10O5/c1-2-9-24-13-39-27(42-24,40-14-24)17-6-3-15(4-7-17)16-5-8-19(20(29)10-16)25(32,33)41-18-11-21(30)23(22(31)12-18)26(34,35)43-28(36,37)38/h3-8,10-12H,2,9,13-14H2,1H3. The number of alkyl halides is 7. The van der Waals surface area contributed by atoms with Crippen LogP contribution in [0.4, 0.5) is 43.9 Å². The first-order valence-electron chi connectivity index (χ1n) is 12.6. The molecule has 2 heterocycles. The molecular weight excluding hydrogens is 606 g/mol. The lowest BCUT2D eigenvalue weighted by Gasteiger charge is -2.24. The highest BCUT2D eigenvalue weighted by molar-refractivity contribution is 5.64. The molecule has 0 aromatic heterocycles. The van der Waals surface area contributed by atoms with E-state index in [0.29, 0.717) is 30.4 Å². The minimum atomic E-state index is -5.99. The fourth-order valence-electron chi connectivity index (χ4n) is 4.90. The molecule has 43 heavy (non-hydrogen) atoms. The summed E-state index contributed by atoms with van der Waals surface area (Å²) in [5, 5.41) is 0. The SMILES string of the molecule is CCCC12COC(c3ccc(-c4ccc(C(F)(F)Oc5cc(F)c(C(F)(F)OC(F)(F)F)c(F)c5)c(F)c4)cc3)(OC1)O2. The third-order valence-corrected chi connectivity index (χ3v) is 6.76. The minimum Gasteiger partial charge on any atom is -0.429 e. The summed E-state index contributed by atoms with van der Waals surface area (Å²) in [5.41, 5.74) is -3.36. The Morgan fingerprint density at radius 3 is 1.86 bits per heavy atom. The fourth-order valence-corrected chi connectivity index (χ4v) is 4.90. The second-order valence-electron chi connectivity index (χ2n) is 9.89. The maximum Gasteiger partial charge on any atom is 0.527 e. The van der Waals surface area contributed by atoms with Crippen LogP contribution in [0.5, 0.6) is 5.75 Å². The van der Waals surface area contributed by atoms with E-state index in [9.17, 15) is 43.9 Å². The molecule has 2 saturated heterocycles. The van der Waals surface area contributed by atoms with Gasteiger partial charge in [-0.25, -0.2) is 17.9 Å². The molecule has 0 N–H and O–H groups in total. The number of ether oxygens (including phenoxy) is 5. The van der Waals surface area contributed by atoms with Gasteiger partial charge in [0.25, 0.3) is 0 Å². The van der Waals surface area contributed by atoms with Crippen molar-refractivity contribution in [1.29, 1.82) is 0 Å². The van der Waals surface area contributed by atoms with Crippen LogP contribution in [0.1, 0.15) is 36.5 Å². The molecular formula is C28H20F10O5. The van der Waals surface area contributed by atoms with Crippen LogP contribution in [0.3, 0.4) is 0 Å². The molecule has 0 unspecified atom stereocenters. The van der Waals surface area contributed by atoms with Crippen molar-refractivity contribution in [2.75, 3.05) is 13.2 Å². The van der Waals surface area contributed by atoms with Gasteiger partial charge in [0.1, 0.15) is 34.4 Å². The fraction of sp³-hybridized carbons (Fsp3) is 0.357. The molecule has 2 bridgehead atoms. The molecule has 2 aliphatic rings. The predicted molar refractivity (Wildman–Crippen MR) is 126 cm³/mol. The van der Waals surface area contributed by atoms with E-state index in [-0.39, 0.29) is 17.7 Å². The summed E-state index contributed by atoms with van der Waals surface area (Å²) in [6, 6.07) is 8.33. The van der Waals surface area contributed by atoms with Gasteiger partial charge in [0.2, 0.25) is 0 Å². The van der Waals surface area contributed by atoms with Crippen molar-refractivity contribution in [3.8, 4) is 16.9 Å². The monoisotopic (exact) mass is 626 g/mol. The van der Waals surface area contributed by atoms with Crippen molar-refractivity contribution < 1.29 is 67.6 Å². The summed E-state index contributed by atoms with van der Waals surface area (Å²) in [6.45, 7) is 2.68. The molecule has 0 aliphatic carbocycles. The van der Waals surface area contributed by atoms with Crippen LogP contribution in [0.25, 0.3) is 11.1 Å². The van der Waals surface area contributed by atoms with Gasteiger partial charge in [-0.05, 0) is 29.7 Å². The summed E-state index contributed by atoms with van der Waals surface area (Å²) in [5.74, 6) is -9.07. The first-order valence-corrected chi connectivity index (χ1v) is 12.6. The highest BCUT2D eigenvalue weighted by atomic mass is 19.4. The molecule has 0 amide bonds. The third kappa shape index (κ3) is 6.03. The number of fused-ring (bicyclic) bond motifs is 2. The minimum absolute atomic E-state index is 0.148. The molecule has 3 aromatic carbocycles. The maximum absolute atomic E-state index is 14.8. The van der Waals surface area contributed by atoms with Gasteiger partial charge in [-0.3, -0.25) is 0 Å². The van der Waals surface area contributed by atoms with E-state index in [1.807, 2.05) is 6.92 Å². The summed E-state index contributed by atoms with van der Waals surface area (Å²) in [4.78, 5) is 0. The van der Waals surface area contributed by atoms with Crippen molar-refractivity contribution in [1.82, 2.24) is 0 Å². The van der Waals surface area contributed by atoms with Gasteiger partial charge in [-0.15, -0.1) is 13.2 Å². The summed E-state index contributed by atoms with van der Waals surface area (Å²) >= 11 is 0. The summed E-state index contributed by atoms with van der Waals surface area (Å²) in [6.07, 6.45) is -14.5. The topological polar surface area (TPSA) is 46.2 Å². The first-order chi connectivity index (χ1) is 20.0. The number of benzene rings is 3. The Morgan fingerprint density at radius 1 is 0.744 bits per heavy atom. The van der Waals surface area contributed by atoms with Crippen molar-refractivity contribution in [2.24, 2.45) is 0 Å². The van der Waals surface area contributed by atoms with E-state index in [4.69, 9.17) is 14.2 Å². The molecule has 2 fully saturated rings. The second kappa shape index (κ2) is 10.6. The second-order valence-corrected chi connectivity index (χ2v) is 9.89. The third-order valence-electron chi connectivity index (χ3n) is 6.76. The van der Waals surface area contributed by atoms with Crippen LogP contribution in [0.2, 0.25) is 0 Å². The van der Waals surface area contributed by atoms with E-state index >= 15 is 0 Å². The van der Waals surface area contributed by atoms with Crippen LogP contribution < -0.4 is 4.74 Å². The van der Waals surface area contributed by atoms with Gasteiger partial charge in [-0.1, -0.05) is 43.7 Å². The van der Waals surface area contributed by atoms with Gasteiger partial charge in [0.05, 0.1) is 18.8 Å². The van der Waals surface area contributed by atoms with E-state index in [2.05, 4.69) is 9.47 Å². The molecule has 2 aliphatic heterocycles. The molecule has 3 aromatic rings. The number of hydrogen-bond donors (Lipinski definition) is 0. The van der Waals surface area contributed by atoms with Crippen LogP contribution in [-0.2, 0) is 37.1 Å². The van der Waals surface area contributed by atoms with Crippen LogP contribution in [0, 0.1) is 17.5 Å². The average molecular weight is 626 g/mol. The van der Waals surface area contributed by atoms with E-state index < -0.39 is 64.5 Å². The van der Waals surface area contributed by atoms with E-state index in [0.717, 1.165) is 25.0 Å². The molecule has 15 heteroatoms.